The predicted octanol–water partition coefficient (Wildman–Crippen LogP) is 1.99. The van der Waals surface area contributed by atoms with Gasteiger partial charge in [0.25, 0.3) is 11.6 Å². The molecule has 1 saturated carbocycles. The van der Waals surface area contributed by atoms with Crippen LogP contribution in [0.5, 0.6) is 0 Å². The average molecular weight is 318 g/mol. The summed E-state index contributed by atoms with van der Waals surface area (Å²) in [4.78, 5) is 25.4. The molecule has 1 aromatic carbocycles. The van der Waals surface area contributed by atoms with Crippen LogP contribution in [0.1, 0.15) is 36.0 Å². The zero-order valence-electron chi connectivity index (χ0n) is 13.2. The summed E-state index contributed by atoms with van der Waals surface area (Å²) in [5, 5.41) is 17.4. The molecule has 2 fully saturated rings. The lowest BCUT2D eigenvalue weighted by Crippen LogP contribution is -2.46. The SMILES string of the molecule is CN1CCC[C@@H](NC(=O)c2ccc(NC3CC3)c([N+](=O)[O-])c2)C1. The number of amides is 1. The van der Waals surface area contributed by atoms with Crippen molar-refractivity contribution in [1.82, 2.24) is 10.2 Å². The number of anilines is 1. The van der Waals surface area contributed by atoms with E-state index in [0.717, 1.165) is 38.8 Å². The van der Waals surface area contributed by atoms with E-state index in [-0.39, 0.29) is 17.6 Å². The molecule has 7 heteroatoms. The summed E-state index contributed by atoms with van der Waals surface area (Å²) in [6, 6.07) is 5.08. The summed E-state index contributed by atoms with van der Waals surface area (Å²) in [7, 11) is 2.03. The van der Waals surface area contributed by atoms with E-state index in [0.29, 0.717) is 17.3 Å². The first-order valence-electron chi connectivity index (χ1n) is 8.07. The minimum Gasteiger partial charge on any atom is -0.377 e. The number of hydrogen-bond acceptors (Lipinski definition) is 5. The van der Waals surface area contributed by atoms with Gasteiger partial charge in [-0.1, -0.05) is 0 Å². The number of carbonyl (C=O) groups excluding carboxylic acids is 1. The fourth-order valence-corrected chi connectivity index (χ4v) is 2.95. The van der Waals surface area contributed by atoms with Crippen molar-refractivity contribution in [3.8, 4) is 0 Å². The van der Waals surface area contributed by atoms with Crippen LogP contribution in [0.4, 0.5) is 11.4 Å². The summed E-state index contributed by atoms with van der Waals surface area (Å²) in [6.45, 7) is 1.86. The first-order chi connectivity index (χ1) is 11.0. The van der Waals surface area contributed by atoms with E-state index in [4.69, 9.17) is 0 Å². The fourth-order valence-electron chi connectivity index (χ4n) is 2.95. The van der Waals surface area contributed by atoms with E-state index in [2.05, 4.69) is 15.5 Å². The molecule has 124 valence electrons. The first-order valence-corrected chi connectivity index (χ1v) is 8.07. The zero-order chi connectivity index (χ0) is 16.4. The highest BCUT2D eigenvalue weighted by Crippen LogP contribution is 2.31. The first kappa shape index (κ1) is 15.7. The van der Waals surface area contributed by atoms with Gasteiger partial charge in [0.1, 0.15) is 5.69 Å². The molecule has 0 unspecified atom stereocenters. The molecule has 2 aliphatic rings. The number of piperidine rings is 1. The van der Waals surface area contributed by atoms with E-state index in [1.54, 1.807) is 12.1 Å². The topological polar surface area (TPSA) is 87.5 Å². The Morgan fingerprint density at radius 2 is 2.09 bits per heavy atom. The Morgan fingerprint density at radius 1 is 1.30 bits per heavy atom. The van der Waals surface area contributed by atoms with Gasteiger partial charge in [-0.3, -0.25) is 14.9 Å². The second-order valence-electron chi connectivity index (χ2n) is 6.48. The van der Waals surface area contributed by atoms with Gasteiger partial charge in [-0.2, -0.15) is 0 Å². The van der Waals surface area contributed by atoms with Crippen molar-refractivity contribution in [3.63, 3.8) is 0 Å². The van der Waals surface area contributed by atoms with Gasteiger partial charge in [0.15, 0.2) is 0 Å². The van der Waals surface area contributed by atoms with Crippen molar-refractivity contribution in [2.45, 2.75) is 37.8 Å². The lowest BCUT2D eigenvalue weighted by molar-refractivity contribution is -0.384. The van der Waals surface area contributed by atoms with Gasteiger partial charge in [0.2, 0.25) is 0 Å². The molecule has 2 N–H and O–H groups in total. The van der Waals surface area contributed by atoms with Crippen LogP contribution < -0.4 is 10.6 Å². The van der Waals surface area contributed by atoms with Crippen LogP contribution in [-0.2, 0) is 0 Å². The smallest absolute Gasteiger partial charge is 0.293 e. The molecule has 0 radical (unpaired) electrons. The van der Waals surface area contributed by atoms with Gasteiger partial charge >= 0.3 is 0 Å². The van der Waals surface area contributed by atoms with Crippen molar-refractivity contribution < 1.29 is 9.72 Å². The Balaban J connectivity index is 1.72. The highest BCUT2D eigenvalue weighted by Gasteiger charge is 2.26. The number of nitro groups is 1. The normalized spacial score (nSPS) is 21.7. The predicted molar refractivity (Wildman–Crippen MR) is 87.7 cm³/mol. The van der Waals surface area contributed by atoms with Crippen LogP contribution in [0.25, 0.3) is 0 Å². The van der Waals surface area contributed by atoms with E-state index >= 15 is 0 Å². The van der Waals surface area contributed by atoms with Crippen LogP contribution in [0.15, 0.2) is 18.2 Å². The standard InChI is InChI=1S/C16H22N4O3/c1-19-8-2-3-13(10-19)18-16(21)11-4-7-14(17-12-5-6-12)15(9-11)20(22)23/h4,7,9,12-13,17H,2-3,5-6,8,10H2,1H3,(H,18,21)/t13-/m1/s1. The number of nitro benzene ring substituents is 1. The minimum atomic E-state index is -0.435. The van der Waals surface area contributed by atoms with E-state index in [1.165, 1.54) is 6.07 Å². The number of rotatable bonds is 5. The second kappa shape index (κ2) is 6.54. The Bertz CT molecular complexity index is 615. The van der Waals surface area contributed by atoms with E-state index < -0.39 is 4.92 Å². The van der Waals surface area contributed by atoms with Gasteiger partial charge in [-0.15, -0.1) is 0 Å². The Hall–Kier alpha value is -2.15. The molecule has 1 aromatic rings. The largest absolute Gasteiger partial charge is 0.377 e. The second-order valence-corrected chi connectivity index (χ2v) is 6.48. The number of likely N-dealkylation sites (tertiary alicyclic amines) is 1. The number of benzene rings is 1. The summed E-state index contributed by atoms with van der Waals surface area (Å²) in [5.74, 6) is -0.244. The summed E-state index contributed by atoms with van der Waals surface area (Å²) in [6.07, 6.45) is 4.06. The molecule has 1 amide bonds. The lowest BCUT2D eigenvalue weighted by Gasteiger charge is -2.30. The minimum absolute atomic E-state index is 0.0367. The number of nitrogens with zero attached hydrogens (tertiary/aromatic N) is 2. The molecule has 0 aromatic heterocycles. The van der Waals surface area contributed by atoms with Gasteiger partial charge < -0.3 is 15.5 Å². The summed E-state index contributed by atoms with van der Waals surface area (Å²) in [5.41, 5.74) is 0.794. The average Bonchev–Trinajstić information content (AvgIpc) is 3.31. The lowest BCUT2D eigenvalue weighted by atomic mass is 10.1. The fraction of sp³-hybridized carbons (Fsp3) is 0.562. The van der Waals surface area contributed by atoms with Crippen LogP contribution >= 0.6 is 0 Å². The van der Waals surface area contributed by atoms with Gasteiger partial charge in [-0.25, -0.2) is 0 Å². The Kier molecular flexibility index (Phi) is 4.47. The van der Waals surface area contributed by atoms with Gasteiger partial charge in [-0.05, 0) is 51.4 Å². The molecule has 1 heterocycles. The third-order valence-electron chi connectivity index (χ3n) is 4.35. The molecule has 1 aliphatic heterocycles. The molecule has 7 nitrogen and oxygen atoms in total. The summed E-state index contributed by atoms with van der Waals surface area (Å²) < 4.78 is 0. The highest BCUT2D eigenvalue weighted by atomic mass is 16.6. The zero-order valence-corrected chi connectivity index (χ0v) is 13.2. The third-order valence-corrected chi connectivity index (χ3v) is 4.35. The summed E-state index contributed by atoms with van der Waals surface area (Å²) >= 11 is 0. The molecule has 1 atom stereocenters. The molecule has 3 rings (SSSR count). The Labute approximate surface area is 135 Å². The molecular formula is C16H22N4O3. The van der Waals surface area contributed by atoms with E-state index in [1.807, 2.05) is 7.05 Å². The Morgan fingerprint density at radius 3 is 2.74 bits per heavy atom. The van der Waals surface area contributed by atoms with Crippen molar-refractivity contribution >= 4 is 17.3 Å². The maximum Gasteiger partial charge on any atom is 0.293 e. The van der Waals surface area contributed by atoms with E-state index in [9.17, 15) is 14.9 Å². The quantitative estimate of drug-likeness (QED) is 0.640. The maximum absolute atomic E-state index is 12.4. The van der Waals surface area contributed by atoms with Crippen molar-refractivity contribution in [3.05, 3.63) is 33.9 Å². The van der Waals surface area contributed by atoms with Crippen LogP contribution in [0.2, 0.25) is 0 Å². The highest BCUT2D eigenvalue weighted by molar-refractivity contribution is 5.96. The van der Waals surface area contributed by atoms with Crippen molar-refractivity contribution in [2.75, 3.05) is 25.5 Å². The molecule has 0 spiro atoms. The third kappa shape index (κ3) is 3.98. The van der Waals surface area contributed by atoms with Crippen LogP contribution in [-0.4, -0.2) is 48.0 Å². The number of carbonyl (C=O) groups is 1. The maximum atomic E-state index is 12.4. The van der Waals surface area contributed by atoms with Crippen molar-refractivity contribution in [1.29, 1.82) is 0 Å². The van der Waals surface area contributed by atoms with Crippen LogP contribution in [0, 0.1) is 10.1 Å². The monoisotopic (exact) mass is 318 g/mol. The number of hydrogen-bond donors (Lipinski definition) is 2. The van der Waals surface area contributed by atoms with Crippen LogP contribution in [0.3, 0.4) is 0 Å². The molecular weight excluding hydrogens is 296 g/mol. The number of nitrogens with one attached hydrogen (secondary N) is 2. The van der Waals surface area contributed by atoms with Gasteiger partial charge in [0, 0.05) is 30.3 Å². The van der Waals surface area contributed by atoms with Crippen molar-refractivity contribution in [2.24, 2.45) is 0 Å². The molecule has 23 heavy (non-hydrogen) atoms. The van der Waals surface area contributed by atoms with Gasteiger partial charge in [0.05, 0.1) is 4.92 Å². The molecule has 0 bridgehead atoms. The molecule has 1 saturated heterocycles. The number of likely N-dealkylation sites (N-methyl/N-ethyl adjacent to an activating group) is 1. The molecule has 1 aliphatic carbocycles.